The highest BCUT2D eigenvalue weighted by Gasteiger charge is 2.22. The van der Waals surface area contributed by atoms with E-state index in [1.165, 1.54) is 49.6 Å². The fraction of sp³-hybridized carbons (Fsp3) is 0.0909. The molecule has 0 bridgehead atoms. The number of aromatic carboxylic acids is 1. The van der Waals surface area contributed by atoms with Crippen LogP contribution in [0.5, 0.6) is 5.75 Å². The first-order valence-electron chi connectivity index (χ1n) is 9.13. The van der Waals surface area contributed by atoms with Crippen LogP contribution >= 0.6 is 0 Å². The van der Waals surface area contributed by atoms with Crippen molar-refractivity contribution in [1.29, 1.82) is 0 Å². The summed E-state index contributed by atoms with van der Waals surface area (Å²) >= 11 is 0. The van der Waals surface area contributed by atoms with Gasteiger partial charge in [0.05, 0.1) is 34.5 Å². The molecule has 0 aliphatic carbocycles. The Kier molecular flexibility index (Phi) is 6.26. The summed E-state index contributed by atoms with van der Waals surface area (Å²) in [6, 6.07) is 16.7. The monoisotopic (exact) mass is 440 g/mol. The van der Waals surface area contributed by atoms with E-state index in [4.69, 9.17) is 4.74 Å². The van der Waals surface area contributed by atoms with Gasteiger partial charge in [-0.25, -0.2) is 13.2 Å². The van der Waals surface area contributed by atoms with Gasteiger partial charge < -0.3 is 15.2 Å². The van der Waals surface area contributed by atoms with E-state index >= 15 is 0 Å². The van der Waals surface area contributed by atoms with Gasteiger partial charge in [0.2, 0.25) is 0 Å². The first kappa shape index (κ1) is 21.8. The van der Waals surface area contributed by atoms with Crippen molar-refractivity contribution in [3.05, 3.63) is 83.4 Å². The van der Waals surface area contributed by atoms with E-state index in [-0.39, 0.29) is 27.4 Å². The predicted molar refractivity (Wildman–Crippen MR) is 116 cm³/mol. The Hall–Kier alpha value is -3.85. The smallest absolute Gasteiger partial charge is 0.337 e. The molecule has 3 rings (SSSR count). The molecule has 3 N–H and O–H groups in total. The lowest BCUT2D eigenvalue weighted by molar-refractivity contribution is 0.0698. The van der Waals surface area contributed by atoms with Gasteiger partial charge >= 0.3 is 5.97 Å². The Bertz CT molecular complexity index is 1250. The molecule has 31 heavy (non-hydrogen) atoms. The van der Waals surface area contributed by atoms with E-state index in [0.29, 0.717) is 11.3 Å². The van der Waals surface area contributed by atoms with Crippen molar-refractivity contribution < 1.29 is 27.9 Å². The topological polar surface area (TPSA) is 122 Å². The number of benzene rings is 3. The third-order valence-electron chi connectivity index (χ3n) is 4.50. The summed E-state index contributed by atoms with van der Waals surface area (Å²) in [6.07, 6.45) is 0. The Labute approximate surface area is 179 Å². The van der Waals surface area contributed by atoms with Crippen LogP contribution < -0.4 is 14.8 Å². The average Bonchev–Trinajstić information content (AvgIpc) is 2.74. The van der Waals surface area contributed by atoms with Gasteiger partial charge in [0.15, 0.2) is 0 Å². The van der Waals surface area contributed by atoms with Gasteiger partial charge in [0.1, 0.15) is 5.75 Å². The second-order valence-corrected chi connectivity index (χ2v) is 8.24. The van der Waals surface area contributed by atoms with Gasteiger partial charge in [0.25, 0.3) is 15.9 Å². The van der Waals surface area contributed by atoms with Crippen LogP contribution in [-0.2, 0) is 10.0 Å². The second kappa shape index (κ2) is 8.88. The van der Waals surface area contributed by atoms with Crippen molar-refractivity contribution in [2.45, 2.75) is 11.8 Å². The maximum absolute atomic E-state index is 13.0. The maximum atomic E-state index is 13.0. The van der Waals surface area contributed by atoms with Gasteiger partial charge in [-0.3, -0.25) is 9.52 Å². The Balaban J connectivity index is 2.00. The van der Waals surface area contributed by atoms with Crippen molar-refractivity contribution >= 4 is 33.3 Å². The molecule has 0 aromatic heterocycles. The second-order valence-electron chi connectivity index (χ2n) is 6.59. The summed E-state index contributed by atoms with van der Waals surface area (Å²) in [5.41, 5.74) is 0.521. The highest BCUT2D eigenvalue weighted by Crippen LogP contribution is 2.27. The number of carboxylic acids is 1. The molecule has 0 atom stereocenters. The number of hydrogen-bond acceptors (Lipinski definition) is 5. The van der Waals surface area contributed by atoms with E-state index in [1.807, 2.05) is 0 Å². The molecule has 0 aliphatic rings. The van der Waals surface area contributed by atoms with E-state index in [1.54, 1.807) is 31.2 Å². The number of ether oxygens (including phenoxy) is 1. The number of methoxy groups -OCH3 is 1. The number of amides is 1. The van der Waals surface area contributed by atoms with Gasteiger partial charge in [-0.2, -0.15) is 0 Å². The molecule has 0 saturated heterocycles. The Morgan fingerprint density at radius 2 is 1.58 bits per heavy atom. The lowest BCUT2D eigenvalue weighted by Gasteiger charge is -2.15. The largest absolute Gasteiger partial charge is 0.497 e. The van der Waals surface area contributed by atoms with E-state index in [0.717, 1.165) is 0 Å². The molecule has 0 spiro atoms. The van der Waals surface area contributed by atoms with Crippen LogP contribution in [0.4, 0.5) is 11.4 Å². The molecular formula is C22H20N2O6S. The van der Waals surface area contributed by atoms with Gasteiger partial charge in [-0.1, -0.05) is 30.3 Å². The number of para-hydroxylation sites is 1. The van der Waals surface area contributed by atoms with E-state index in [2.05, 4.69) is 10.0 Å². The van der Waals surface area contributed by atoms with Crippen LogP contribution in [0.2, 0.25) is 0 Å². The number of aryl methyl sites for hydroxylation is 1. The van der Waals surface area contributed by atoms with Crippen LogP contribution in [-0.4, -0.2) is 32.5 Å². The average molecular weight is 440 g/mol. The summed E-state index contributed by atoms with van der Waals surface area (Å²) in [5, 5.41) is 11.9. The summed E-state index contributed by atoms with van der Waals surface area (Å²) < 4.78 is 33.4. The number of anilines is 2. The molecule has 3 aromatic carbocycles. The molecule has 8 nitrogen and oxygen atoms in total. The number of carboxylic acid groups (broad SMARTS) is 1. The van der Waals surface area contributed by atoms with Gasteiger partial charge in [-0.05, 0) is 48.9 Å². The molecule has 0 aliphatic heterocycles. The highest BCUT2D eigenvalue weighted by molar-refractivity contribution is 7.92. The van der Waals surface area contributed by atoms with Crippen LogP contribution in [0.15, 0.2) is 71.6 Å². The SMILES string of the molecule is COc1ccc(NS(=O)(=O)c2ccccc2C)c(C(=O)Nc2ccccc2C(=O)O)c1. The standard InChI is InChI=1S/C22H20N2O6S/c1-14-7-3-6-10-20(14)31(28,29)24-19-12-11-15(30-2)13-17(19)21(25)23-18-9-5-4-8-16(18)22(26)27/h3-13,24H,1-2H3,(H,23,25)(H,26,27). The van der Waals surface area contributed by atoms with Gasteiger partial charge in [0, 0.05) is 0 Å². The summed E-state index contributed by atoms with van der Waals surface area (Å²) in [6.45, 7) is 1.67. The zero-order valence-electron chi connectivity index (χ0n) is 16.7. The zero-order valence-corrected chi connectivity index (χ0v) is 17.6. The molecular weight excluding hydrogens is 420 g/mol. The summed E-state index contributed by atoms with van der Waals surface area (Å²) in [4.78, 5) is 24.5. The van der Waals surface area contributed by atoms with E-state index < -0.39 is 21.9 Å². The molecule has 0 fully saturated rings. The number of sulfonamides is 1. The van der Waals surface area contributed by atoms with Crippen LogP contribution in [0.1, 0.15) is 26.3 Å². The number of carbonyl (C=O) groups is 2. The predicted octanol–water partition coefficient (Wildman–Crippen LogP) is 3.75. The molecule has 160 valence electrons. The Morgan fingerprint density at radius 1 is 0.903 bits per heavy atom. The molecule has 0 radical (unpaired) electrons. The first-order chi connectivity index (χ1) is 14.7. The minimum atomic E-state index is -3.98. The molecule has 0 unspecified atom stereocenters. The quantitative estimate of drug-likeness (QED) is 0.514. The highest BCUT2D eigenvalue weighted by atomic mass is 32.2. The molecule has 1 amide bonds. The van der Waals surface area contributed by atoms with Crippen molar-refractivity contribution in [1.82, 2.24) is 0 Å². The van der Waals surface area contributed by atoms with Crippen molar-refractivity contribution in [3.63, 3.8) is 0 Å². The van der Waals surface area contributed by atoms with E-state index in [9.17, 15) is 23.1 Å². The maximum Gasteiger partial charge on any atom is 0.337 e. The number of nitrogens with one attached hydrogen (secondary N) is 2. The fourth-order valence-corrected chi connectivity index (χ4v) is 4.28. The molecule has 3 aromatic rings. The van der Waals surface area contributed by atoms with Crippen molar-refractivity contribution in [3.8, 4) is 5.75 Å². The molecule has 0 saturated carbocycles. The summed E-state index contributed by atoms with van der Waals surface area (Å²) in [5.74, 6) is -1.58. The minimum absolute atomic E-state index is 0.0226. The third kappa shape index (κ3) is 4.84. The molecule has 9 heteroatoms. The van der Waals surface area contributed by atoms with Crippen LogP contribution in [0, 0.1) is 6.92 Å². The van der Waals surface area contributed by atoms with Gasteiger partial charge in [-0.15, -0.1) is 0 Å². The fourth-order valence-electron chi connectivity index (χ4n) is 2.95. The normalized spacial score (nSPS) is 10.9. The third-order valence-corrected chi connectivity index (χ3v) is 6.03. The number of carbonyl (C=O) groups excluding carboxylic acids is 1. The first-order valence-corrected chi connectivity index (χ1v) is 10.6. The number of hydrogen-bond donors (Lipinski definition) is 3. The van der Waals surface area contributed by atoms with Crippen LogP contribution in [0.25, 0.3) is 0 Å². The van der Waals surface area contributed by atoms with Crippen molar-refractivity contribution in [2.24, 2.45) is 0 Å². The number of rotatable bonds is 7. The van der Waals surface area contributed by atoms with Crippen LogP contribution in [0.3, 0.4) is 0 Å². The van der Waals surface area contributed by atoms with Crippen molar-refractivity contribution in [2.75, 3.05) is 17.1 Å². The zero-order chi connectivity index (χ0) is 22.6. The molecule has 0 heterocycles. The Morgan fingerprint density at radius 3 is 2.26 bits per heavy atom. The lowest BCUT2D eigenvalue weighted by Crippen LogP contribution is -2.20. The minimum Gasteiger partial charge on any atom is -0.497 e. The summed E-state index contributed by atoms with van der Waals surface area (Å²) in [7, 11) is -2.57. The lowest BCUT2D eigenvalue weighted by atomic mass is 10.1.